The maximum absolute atomic E-state index is 13.4. The smallest absolute Gasteiger partial charge is 0.315 e. The number of nitrogens with zero attached hydrogens (tertiary/aromatic N) is 1. The van der Waals surface area contributed by atoms with Crippen LogP contribution in [-0.2, 0) is 14.3 Å². The number of methoxy groups -OCH3 is 1. The molecule has 0 radical (unpaired) electrons. The Bertz CT molecular complexity index is 961. The highest BCUT2D eigenvalue weighted by molar-refractivity contribution is 6.32. The molecule has 0 spiro atoms. The Labute approximate surface area is 187 Å². The lowest BCUT2D eigenvalue weighted by Crippen LogP contribution is -2.38. The van der Waals surface area contributed by atoms with Gasteiger partial charge in [-0.05, 0) is 63.1 Å². The molecule has 31 heavy (non-hydrogen) atoms. The second-order valence-corrected chi connectivity index (χ2v) is 9.00. The van der Waals surface area contributed by atoms with E-state index in [-0.39, 0.29) is 34.4 Å². The molecule has 1 unspecified atom stereocenters. The van der Waals surface area contributed by atoms with Crippen molar-refractivity contribution in [1.82, 2.24) is 0 Å². The van der Waals surface area contributed by atoms with Crippen molar-refractivity contribution < 1.29 is 24.2 Å². The van der Waals surface area contributed by atoms with Crippen LogP contribution < -0.4 is 4.74 Å². The first-order valence-corrected chi connectivity index (χ1v) is 11.4. The molecule has 166 valence electrons. The molecule has 1 aromatic rings. The molecule has 0 bridgehead atoms. The maximum Gasteiger partial charge on any atom is 0.315 e. The first kappa shape index (κ1) is 21.9. The summed E-state index contributed by atoms with van der Waals surface area (Å²) in [6, 6.07) is 3.26. The number of benzene rings is 1. The lowest BCUT2D eigenvalue weighted by Gasteiger charge is -2.35. The van der Waals surface area contributed by atoms with Crippen LogP contribution in [0.25, 0.3) is 0 Å². The number of halogens is 1. The van der Waals surface area contributed by atoms with E-state index in [1.165, 1.54) is 7.11 Å². The predicted molar refractivity (Wildman–Crippen MR) is 118 cm³/mol. The minimum atomic E-state index is -0.715. The molecule has 4 rings (SSSR count). The molecule has 3 aliphatic rings. The van der Waals surface area contributed by atoms with Crippen LogP contribution in [0, 0.1) is 5.92 Å². The van der Waals surface area contributed by atoms with E-state index in [0.717, 1.165) is 44.2 Å². The Hall–Kier alpha value is -2.34. The van der Waals surface area contributed by atoms with E-state index >= 15 is 0 Å². The number of hydrogen-bond acceptors (Lipinski definition) is 6. The number of ether oxygens (including phenoxy) is 2. The summed E-state index contributed by atoms with van der Waals surface area (Å²) in [5.41, 5.74) is 2.58. The first-order valence-electron chi connectivity index (χ1n) is 11.0. The van der Waals surface area contributed by atoms with Crippen molar-refractivity contribution in [1.29, 1.82) is 0 Å². The Kier molecular flexibility index (Phi) is 6.37. The van der Waals surface area contributed by atoms with Crippen molar-refractivity contribution in [2.75, 3.05) is 7.11 Å². The molecule has 7 heteroatoms. The summed E-state index contributed by atoms with van der Waals surface area (Å²) in [5.74, 6) is -1.60. The number of phenolic OH excluding ortho intramolecular Hbond substituents is 1. The Balaban J connectivity index is 1.78. The molecule has 1 heterocycles. The van der Waals surface area contributed by atoms with E-state index in [9.17, 15) is 14.7 Å². The van der Waals surface area contributed by atoms with Crippen LogP contribution in [-0.4, -0.2) is 35.8 Å². The van der Waals surface area contributed by atoms with Crippen molar-refractivity contribution in [2.24, 2.45) is 10.9 Å². The number of aliphatic imine (C=N–C) groups is 1. The van der Waals surface area contributed by atoms with E-state index in [1.807, 2.05) is 6.92 Å². The zero-order valence-electron chi connectivity index (χ0n) is 17.9. The average Bonchev–Trinajstić information content (AvgIpc) is 2.75. The van der Waals surface area contributed by atoms with E-state index in [0.29, 0.717) is 29.7 Å². The van der Waals surface area contributed by atoms with Gasteiger partial charge in [0.05, 0.1) is 12.1 Å². The van der Waals surface area contributed by atoms with Crippen LogP contribution in [0.1, 0.15) is 69.8 Å². The fraction of sp³-hybridized carbons (Fsp3) is 0.542. The topological polar surface area (TPSA) is 85.2 Å². The number of carbonyl (C=O) groups is 2. The van der Waals surface area contributed by atoms with Crippen molar-refractivity contribution in [3.63, 3.8) is 0 Å². The number of esters is 1. The number of rotatable bonds is 4. The molecule has 0 amide bonds. The van der Waals surface area contributed by atoms with E-state index < -0.39 is 11.8 Å². The predicted octanol–water partition coefficient (Wildman–Crippen LogP) is 5.11. The largest absolute Gasteiger partial charge is 0.503 e. The van der Waals surface area contributed by atoms with Gasteiger partial charge in [-0.1, -0.05) is 18.0 Å². The molecule has 2 aliphatic carbocycles. The van der Waals surface area contributed by atoms with Gasteiger partial charge in [-0.3, -0.25) is 14.6 Å². The maximum atomic E-state index is 13.4. The molecule has 1 aliphatic heterocycles. The minimum Gasteiger partial charge on any atom is -0.503 e. The second kappa shape index (κ2) is 9.03. The zero-order chi connectivity index (χ0) is 22.1. The van der Waals surface area contributed by atoms with Gasteiger partial charge in [0.2, 0.25) is 0 Å². The van der Waals surface area contributed by atoms with Gasteiger partial charge in [0.25, 0.3) is 0 Å². The van der Waals surface area contributed by atoms with Crippen molar-refractivity contribution in [3.05, 3.63) is 34.0 Å². The Morgan fingerprint density at radius 1 is 1.16 bits per heavy atom. The fourth-order valence-corrected chi connectivity index (χ4v) is 5.24. The van der Waals surface area contributed by atoms with Gasteiger partial charge >= 0.3 is 5.97 Å². The third kappa shape index (κ3) is 4.22. The molecule has 1 fully saturated rings. The quantitative estimate of drug-likeness (QED) is 0.651. The third-order valence-corrected chi connectivity index (χ3v) is 6.84. The second-order valence-electron chi connectivity index (χ2n) is 8.60. The fourth-order valence-electron chi connectivity index (χ4n) is 5.02. The monoisotopic (exact) mass is 445 g/mol. The van der Waals surface area contributed by atoms with Crippen LogP contribution in [0.3, 0.4) is 0 Å². The van der Waals surface area contributed by atoms with Crippen LogP contribution >= 0.6 is 11.6 Å². The van der Waals surface area contributed by atoms with Gasteiger partial charge in [0, 0.05) is 29.3 Å². The SMILES string of the molecule is COc1cc([C@H]2C3=C(CCCC3=O)N=C(C)C2C(=O)OC2CCCCC2)cc(Cl)c1O. The van der Waals surface area contributed by atoms with E-state index in [4.69, 9.17) is 21.1 Å². The van der Waals surface area contributed by atoms with Crippen molar-refractivity contribution in [2.45, 2.75) is 70.3 Å². The molecular weight excluding hydrogens is 418 g/mol. The molecule has 1 aromatic carbocycles. The van der Waals surface area contributed by atoms with Gasteiger partial charge in [0.1, 0.15) is 12.0 Å². The minimum absolute atomic E-state index is 0.00105. The standard InChI is InChI=1S/C24H28ClNO5/c1-13-20(24(29)31-15-7-4-3-5-8-15)21(22-17(26-13)9-6-10-18(22)27)14-11-16(25)23(28)19(12-14)30-2/h11-12,15,20-21,28H,3-10H2,1-2H3/t20?,21-/m1/s1. The summed E-state index contributed by atoms with van der Waals surface area (Å²) in [6.07, 6.45) is 6.78. The molecule has 0 aromatic heterocycles. The Morgan fingerprint density at radius 3 is 2.61 bits per heavy atom. The van der Waals surface area contributed by atoms with E-state index in [2.05, 4.69) is 4.99 Å². The number of allylic oxidation sites excluding steroid dienone is 2. The summed E-state index contributed by atoms with van der Waals surface area (Å²) in [7, 11) is 1.44. The third-order valence-electron chi connectivity index (χ3n) is 6.55. The highest BCUT2D eigenvalue weighted by Crippen LogP contribution is 2.47. The first-order chi connectivity index (χ1) is 14.9. The van der Waals surface area contributed by atoms with Crippen LogP contribution in [0.4, 0.5) is 0 Å². The van der Waals surface area contributed by atoms with Gasteiger partial charge in [-0.2, -0.15) is 0 Å². The van der Waals surface area contributed by atoms with Crippen LogP contribution in [0.5, 0.6) is 11.5 Å². The van der Waals surface area contributed by atoms with Gasteiger partial charge in [-0.25, -0.2) is 0 Å². The Morgan fingerprint density at radius 2 is 1.90 bits per heavy atom. The summed E-state index contributed by atoms with van der Waals surface area (Å²) in [5, 5.41) is 10.3. The zero-order valence-corrected chi connectivity index (χ0v) is 18.7. The number of hydrogen-bond donors (Lipinski definition) is 1. The van der Waals surface area contributed by atoms with Gasteiger partial charge < -0.3 is 14.6 Å². The van der Waals surface area contributed by atoms with Crippen LogP contribution in [0.2, 0.25) is 5.02 Å². The number of phenols is 1. The number of aromatic hydroxyl groups is 1. The van der Waals surface area contributed by atoms with Crippen molar-refractivity contribution in [3.8, 4) is 11.5 Å². The van der Waals surface area contributed by atoms with Gasteiger partial charge in [-0.15, -0.1) is 0 Å². The summed E-state index contributed by atoms with van der Waals surface area (Å²) >= 11 is 6.27. The van der Waals surface area contributed by atoms with Gasteiger partial charge in [0.15, 0.2) is 17.3 Å². The summed E-state index contributed by atoms with van der Waals surface area (Å²) in [4.78, 5) is 31.1. The molecule has 1 saturated carbocycles. The number of carbonyl (C=O) groups excluding carboxylic acids is 2. The molecular formula is C24H28ClNO5. The number of ketones is 1. The number of Topliss-reactive ketones (excluding diaryl/α,β-unsaturated/α-hetero) is 1. The molecule has 0 saturated heterocycles. The molecule has 6 nitrogen and oxygen atoms in total. The van der Waals surface area contributed by atoms with Crippen LogP contribution in [0.15, 0.2) is 28.4 Å². The molecule has 2 atom stereocenters. The average molecular weight is 446 g/mol. The normalized spacial score (nSPS) is 24.5. The lowest BCUT2D eigenvalue weighted by atomic mass is 9.71. The lowest BCUT2D eigenvalue weighted by molar-refractivity contribution is -0.153. The summed E-state index contributed by atoms with van der Waals surface area (Å²) < 4.78 is 11.2. The highest BCUT2D eigenvalue weighted by Gasteiger charge is 2.44. The summed E-state index contributed by atoms with van der Waals surface area (Å²) in [6.45, 7) is 1.82. The van der Waals surface area contributed by atoms with E-state index in [1.54, 1.807) is 12.1 Å². The van der Waals surface area contributed by atoms with Crippen molar-refractivity contribution >= 4 is 29.1 Å². The molecule has 1 N–H and O–H groups in total. The highest BCUT2D eigenvalue weighted by atomic mass is 35.5.